The molecule has 4 nitrogen and oxygen atoms in total. The van der Waals surface area contributed by atoms with Gasteiger partial charge in [-0.2, -0.15) is 0 Å². The Bertz CT molecular complexity index is 684. The van der Waals surface area contributed by atoms with E-state index in [1.165, 1.54) is 5.56 Å². The minimum absolute atomic E-state index is 0.0354. The van der Waals surface area contributed by atoms with Gasteiger partial charge in [0, 0.05) is 22.5 Å². The van der Waals surface area contributed by atoms with Gasteiger partial charge in [-0.25, -0.2) is 0 Å². The third kappa shape index (κ3) is 4.32. The zero-order chi connectivity index (χ0) is 16.1. The number of thiophene rings is 1. The van der Waals surface area contributed by atoms with Crippen LogP contribution in [0.25, 0.3) is 0 Å². The Labute approximate surface area is 138 Å². The Morgan fingerprint density at radius 2 is 2.09 bits per heavy atom. The van der Waals surface area contributed by atoms with E-state index in [9.17, 15) is 9.59 Å². The molecule has 1 heterocycles. The first-order valence-electron chi connectivity index (χ1n) is 6.78. The molecule has 22 heavy (non-hydrogen) atoms. The molecule has 0 aliphatic heterocycles. The molecule has 2 amide bonds. The van der Waals surface area contributed by atoms with Crippen molar-refractivity contribution in [2.45, 2.75) is 13.5 Å². The SMILES string of the molecule is Cc1ccsc1CN(C)C(=O)CNC(=O)c1cccc(Cl)c1. The van der Waals surface area contributed by atoms with Crippen molar-refractivity contribution in [3.63, 3.8) is 0 Å². The molecule has 0 saturated carbocycles. The molecule has 0 radical (unpaired) electrons. The topological polar surface area (TPSA) is 49.4 Å². The molecule has 0 aliphatic rings. The van der Waals surface area contributed by atoms with Gasteiger partial charge >= 0.3 is 0 Å². The van der Waals surface area contributed by atoms with Crippen molar-refractivity contribution in [2.75, 3.05) is 13.6 Å². The number of hydrogen-bond donors (Lipinski definition) is 1. The maximum atomic E-state index is 12.1. The van der Waals surface area contributed by atoms with E-state index >= 15 is 0 Å². The molecule has 0 atom stereocenters. The third-order valence-corrected chi connectivity index (χ3v) is 4.50. The van der Waals surface area contributed by atoms with Crippen LogP contribution in [-0.2, 0) is 11.3 Å². The number of nitrogens with zero attached hydrogens (tertiary/aromatic N) is 1. The number of amides is 2. The van der Waals surface area contributed by atoms with Crippen LogP contribution < -0.4 is 5.32 Å². The van der Waals surface area contributed by atoms with Crippen molar-refractivity contribution in [1.29, 1.82) is 0 Å². The van der Waals surface area contributed by atoms with Crippen molar-refractivity contribution >= 4 is 34.8 Å². The van der Waals surface area contributed by atoms with Crippen molar-refractivity contribution in [2.24, 2.45) is 0 Å². The van der Waals surface area contributed by atoms with Crippen LogP contribution in [0.4, 0.5) is 0 Å². The van der Waals surface area contributed by atoms with Gasteiger partial charge in [-0.1, -0.05) is 17.7 Å². The Balaban J connectivity index is 1.87. The first-order valence-corrected chi connectivity index (χ1v) is 8.04. The molecular formula is C16H17ClN2O2S. The van der Waals surface area contributed by atoms with Gasteiger partial charge in [0.1, 0.15) is 0 Å². The second-order valence-electron chi connectivity index (χ2n) is 4.97. The fraction of sp³-hybridized carbons (Fsp3) is 0.250. The van der Waals surface area contributed by atoms with E-state index in [0.717, 1.165) is 4.88 Å². The van der Waals surface area contributed by atoms with Gasteiger partial charge in [-0.3, -0.25) is 9.59 Å². The summed E-state index contributed by atoms with van der Waals surface area (Å²) in [4.78, 5) is 26.8. The van der Waals surface area contributed by atoms with Gasteiger partial charge in [-0.05, 0) is 42.1 Å². The smallest absolute Gasteiger partial charge is 0.251 e. The summed E-state index contributed by atoms with van der Waals surface area (Å²) in [6, 6.07) is 8.65. The molecule has 0 saturated heterocycles. The first kappa shape index (κ1) is 16.5. The fourth-order valence-electron chi connectivity index (χ4n) is 1.89. The van der Waals surface area contributed by atoms with Gasteiger partial charge in [0.15, 0.2) is 0 Å². The van der Waals surface area contributed by atoms with Crippen molar-refractivity contribution in [1.82, 2.24) is 10.2 Å². The van der Waals surface area contributed by atoms with E-state index in [0.29, 0.717) is 17.1 Å². The highest BCUT2D eigenvalue weighted by molar-refractivity contribution is 7.10. The summed E-state index contributed by atoms with van der Waals surface area (Å²) in [6.07, 6.45) is 0. The lowest BCUT2D eigenvalue weighted by molar-refractivity contribution is -0.129. The zero-order valence-electron chi connectivity index (χ0n) is 12.4. The van der Waals surface area contributed by atoms with Crippen LogP contribution in [0.3, 0.4) is 0 Å². The lowest BCUT2D eigenvalue weighted by atomic mass is 10.2. The first-order chi connectivity index (χ1) is 10.5. The minimum Gasteiger partial charge on any atom is -0.343 e. The molecule has 1 aromatic heterocycles. The normalized spacial score (nSPS) is 10.3. The minimum atomic E-state index is -0.309. The Morgan fingerprint density at radius 3 is 2.73 bits per heavy atom. The van der Waals surface area contributed by atoms with E-state index in [1.807, 2.05) is 18.4 Å². The number of carbonyl (C=O) groups is 2. The molecule has 0 bridgehead atoms. The van der Waals surface area contributed by atoms with Crippen LogP contribution in [0.5, 0.6) is 0 Å². The van der Waals surface area contributed by atoms with Crippen LogP contribution in [0, 0.1) is 6.92 Å². The van der Waals surface area contributed by atoms with Crippen LogP contribution >= 0.6 is 22.9 Å². The predicted molar refractivity (Wildman–Crippen MR) is 89.3 cm³/mol. The van der Waals surface area contributed by atoms with Gasteiger partial charge < -0.3 is 10.2 Å². The van der Waals surface area contributed by atoms with Crippen molar-refractivity contribution in [3.05, 3.63) is 56.7 Å². The maximum absolute atomic E-state index is 12.1. The summed E-state index contributed by atoms with van der Waals surface area (Å²) in [6.45, 7) is 2.53. The van der Waals surface area contributed by atoms with Gasteiger partial charge in [0.25, 0.3) is 5.91 Å². The lowest BCUT2D eigenvalue weighted by Crippen LogP contribution is -2.37. The van der Waals surface area contributed by atoms with Crippen molar-refractivity contribution in [3.8, 4) is 0 Å². The second kappa shape index (κ2) is 7.42. The summed E-state index contributed by atoms with van der Waals surface area (Å²) in [5.74, 6) is -0.445. The largest absolute Gasteiger partial charge is 0.343 e. The zero-order valence-corrected chi connectivity index (χ0v) is 14.0. The van der Waals surface area contributed by atoms with Gasteiger partial charge in [0.2, 0.25) is 5.91 Å². The number of rotatable bonds is 5. The molecule has 1 N–H and O–H groups in total. The van der Waals surface area contributed by atoms with E-state index in [2.05, 4.69) is 5.32 Å². The molecule has 0 fully saturated rings. The highest BCUT2D eigenvalue weighted by Gasteiger charge is 2.13. The Morgan fingerprint density at radius 1 is 1.32 bits per heavy atom. The van der Waals surface area contributed by atoms with Gasteiger partial charge in [-0.15, -0.1) is 11.3 Å². The second-order valence-corrected chi connectivity index (χ2v) is 6.41. The number of likely N-dealkylation sites (N-methyl/N-ethyl adjacent to an activating group) is 1. The van der Waals surface area contributed by atoms with Crippen molar-refractivity contribution < 1.29 is 9.59 Å². The van der Waals surface area contributed by atoms with Crippen LogP contribution in [0.15, 0.2) is 35.7 Å². The molecule has 0 aliphatic carbocycles. The number of halogens is 1. The highest BCUT2D eigenvalue weighted by atomic mass is 35.5. The molecule has 0 spiro atoms. The summed E-state index contributed by atoms with van der Waals surface area (Å²) >= 11 is 7.46. The monoisotopic (exact) mass is 336 g/mol. The summed E-state index contributed by atoms with van der Waals surface area (Å²) < 4.78 is 0. The number of aryl methyl sites for hydroxylation is 1. The van der Waals surface area contributed by atoms with E-state index in [-0.39, 0.29) is 18.4 Å². The number of hydrogen-bond acceptors (Lipinski definition) is 3. The summed E-state index contributed by atoms with van der Waals surface area (Å²) in [5, 5.41) is 5.11. The average Bonchev–Trinajstić information content (AvgIpc) is 2.89. The molecule has 116 valence electrons. The molecule has 2 aromatic rings. The third-order valence-electron chi connectivity index (χ3n) is 3.26. The lowest BCUT2D eigenvalue weighted by Gasteiger charge is -2.17. The van der Waals surface area contributed by atoms with Gasteiger partial charge in [0.05, 0.1) is 13.1 Å². The van der Waals surface area contributed by atoms with E-state index in [4.69, 9.17) is 11.6 Å². The standard InChI is InChI=1S/C16H17ClN2O2S/c1-11-6-7-22-14(11)10-19(2)15(20)9-18-16(21)12-4-3-5-13(17)8-12/h3-8H,9-10H2,1-2H3,(H,18,21). The quantitative estimate of drug-likeness (QED) is 0.912. The Hall–Kier alpha value is -1.85. The van der Waals surface area contributed by atoms with Crippen LogP contribution in [0.2, 0.25) is 5.02 Å². The molecule has 2 rings (SSSR count). The average molecular weight is 337 g/mol. The highest BCUT2D eigenvalue weighted by Crippen LogP contribution is 2.17. The number of carbonyl (C=O) groups excluding carboxylic acids is 2. The summed E-state index contributed by atoms with van der Waals surface area (Å²) in [5.41, 5.74) is 1.62. The van der Waals surface area contributed by atoms with E-state index in [1.54, 1.807) is 47.5 Å². The Kier molecular flexibility index (Phi) is 5.57. The number of benzene rings is 1. The summed E-state index contributed by atoms with van der Waals surface area (Å²) in [7, 11) is 1.73. The molecule has 1 aromatic carbocycles. The van der Waals surface area contributed by atoms with Crippen LogP contribution in [-0.4, -0.2) is 30.3 Å². The predicted octanol–water partition coefficient (Wildman–Crippen LogP) is 3.10. The van der Waals surface area contributed by atoms with E-state index < -0.39 is 0 Å². The number of nitrogens with one attached hydrogen (secondary N) is 1. The molecular weight excluding hydrogens is 320 g/mol. The van der Waals surface area contributed by atoms with Crippen LogP contribution in [0.1, 0.15) is 20.8 Å². The molecule has 6 heteroatoms. The fourth-order valence-corrected chi connectivity index (χ4v) is 3.04. The maximum Gasteiger partial charge on any atom is 0.251 e. The molecule has 0 unspecified atom stereocenters.